The average Bonchev–Trinajstić information content (AvgIpc) is 3.38. The minimum Gasteiger partial charge on any atom is -0.468 e. The topological polar surface area (TPSA) is 78.9 Å². The lowest BCUT2D eigenvalue weighted by atomic mass is 9.47. The van der Waals surface area contributed by atoms with E-state index in [1.54, 1.807) is 0 Å². The molecule has 4 aliphatic rings. The second-order valence-corrected chi connectivity index (χ2v) is 27.2. The molecule has 6 atom stereocenters. The Labute approximate surface area is 302 Å². The lowest BCUT2D eigenvalue weighted by Crippen LogP contribution is -2.70. The number of esters is 1. The Kier molecular flexibility index (Phi) is 9.49. The predicted octanol–water partition coefficient (Wildman–Crippen LogP) is 7.94. The molecule has 6 rings (SSSR count). The zero-order valence-corrected chi connectivity index (χ0v) is 34.0. The number of benzene rings is 2. The predicted molar refractivity (Wildman–Crippen MR) is 203 cm³/mol. The van der Waals surface area contributed by atoms with E-state index in [4.69, 9.17) is 13.6 Å². The molecule has 0 saturated heterocycles. The van der Waals surface area contributed by atoms with Gasteiger partial charge in [-0.2, -0.15) is 0 Å². The Balaban J connectivity index is 1.48. The van der Waals surface area contributed by atoms with Crippen molar-refractivity contribution >= 4 is 44.5 Å². The number of hydrogen-bond donors (Lipinski definition) is 0. The second-order valence-electron chi connectivity index (χ2n) is 18.2. The van der Waals surface area contributed by atoms with E-state index in [9.17, 15) is 14.4 Å². The Bertz CT molecular complexity index is 1620. The van der Waals surface area contributed by atoms with Crippen LogP contribution in [0, 0.1) is 22.7 Å². The molecule has 0 aromatic heterocycles. The largest absolute Gasteiger partial charge is 0.468 e. The molecule has 8 heteroatoms. The number of Topliss-reactive ketones (excluding diaryl/α,β-unsaturated/α-hetero) is 2. The molecule has 50 heavy (non-hydrogen) atoms. The molecule has 4 aliphatic carbocycles. The maximum atomic E-state index is 14.7. The van der Waals surface area contributed by atoms with E-state index in [-0.39, 0.29) is 46.0 Å². The Morgan fingerprint density at radius 1 is 0.800 bits per heavy atom. The van der Waals surface area contributed by atoms with Gasteiger partial charge in [0.25, 0.3) is 8.32 Å². The minimum absolute atomic E-state index is 0.0136. The van der Waals surface area contributed by atoms with Gasteiger partial charge in [-0.05, 0) is 71.2 Å². The summed E-state index contributed by atoms with van der Waals surface area (Å²) in [6.45, 7) is 20.3. The molecule has 0 unspecified atom stereocenters. The first kappa shape index (κ1) is 37.1. The maximum Gasteiger partial charge on any atom is 0.320 e. The van der Waals surface area contributed by atoms with Crippen LogP contribution in [0.25, 0.3) is 0 Å². The van der Waals surface area contributed by atoms with Crippen molar-refractivity contribution in [3.63, 3.8) is 0 Å². The summed E-state index contributed by atoms with van der Waals surface area (Å²) >= 11 is 0. The van der Waals surface area contributed by atoms with Crippen molar-refractivity contribution in [2.45, 2.75) is 129 Å². The average molecular weight is 715 g/mol. The molecular weight excluding hydrogens is 657 g/mol. The van der Waals surface area contributed by atoms with Gasteiger partial charge in [0.1, 0.15) is 5.41 Å². The summed E-state index contributed by atoms with van der Waals surface area (Å²) in [6, 6.07) is 20.9. The number of ether oxygens (including phenoxy) is 1. The van der Waals surface area contributed by atoms with E-state index >= 15 is 0 Å². The van der Waals surface area contributed by atoms with Crippen LogP contribution in [0.15, 0.2) is 71.8 Å². The van der Waals surface area contributed by atoms with Crippen LogP contribution in [0.5, 0.6) is 0 Å². The van der Waals surface area contributed by atoms with Crippen LogP contribution < -0.4 is 10.4 Å². The molecule has 0 spiro atoms. The van der Waals surface area contributed by atoms with Gasteiger partial charge in [-0.1, -0.05) is 115 Å². The van der Waals surface area contributed by atoms with Crippen molar-refractivity contribution < 1.29 is 28.0 Å². The maximum absolute atomic E-state index is 14.7. The highest BCUT2D eigenvalue weighted by Crippen LogP contribution is 2.64. The van der Waals surface area contributed by atoms with Gasteiger partial charge >= 0.3 is 5.97 Å². The normalized spacial score (nSPS) is 30.4. The summed E-state index contributed by atoms with van der Waals surface area (Å²) in [4.78, 5) is 43.8. The van der Waals surface area contributed by atoms with Crippen LogP contribution in [-0.4, -0.2) is 53.5 Å². The van der Waals surface area contributed by atoms with Gasteiger partial charge in [0.15, 0.2) is 19.9 Å². The highest BCUT2D eigenvalue weighted by molar-refractivity contribution is 6.99. The number of methoxy groups -OCH3 is 1. The summed E-state index contributed by atoms with van der Waals surface area (Å²) < 4.78 is 20.4. The Morgan fingerprint density at radius 3 is 1.90 bits per heavy atom. The number of allylic oxidation sites excluding steroid dienone is 1. The number of ketones is 2. The summed E-state index contributed by atoms with van der Waals surface area (Å²) in [7, 11) is -3.75. The number of rotatable bonds is 7. The standard InChI is InChI=1S/C42H58O6Si2/c1-39(2,3)49(9,10)48-36-24-21-30-37-31(25-26-41(30,36)7)42(38(45)46-8)32(27-33(37)43)34(22-23-35(42)44)47-50(40(4,5)6,28-17-13-11-14-18-28)29-19-15-12-16-20-29/h11-20,31-32,34,36H,21-27H2,1-10H3/t31-,32-,34-,36-,41-,42+/m0/s1. The molecule has 0 amide bonds. The van der Waals surface area contributed by atoms with E-state index in [2.05, 4.69) is 110 Å². The van der Waals surface area contributed by atoms with Gasteiger partial charge in [-0.25, -0.2) is 0 Å². The van der Waals surface area contributed by atoms with Crippen LogP contribution >= 0.6 is 0 Å². The first-order chi connectivity index (χ1) is 23.4. The SMILES string of the molecule is COC(=O)[C@@]12C(=O)CC[C@H](O[Si](c3ccccc3)(c3ccccc3)C(C)(C)C)[C@@H]1CC(=O)C1=C3CC[C@H](O[Si](C)(C)C(C)(C)C)[C@@]3(C)CC[C@@H]12. The van der Waals surface area contributed by atoms with Crippen molar-refractivity contribution in [3.05, 3.63) is 71.8 Å². The zero-order chi connectivity index (χ0) is 36.5. The third-order valence-corrected chi connectivity index (χ3v) is 23.1. The molecule has 2 aromatic rings. The summed E-state index contributed by atoms with van der Waals surface area (Å²) in [5.74, 6) is -1.66. The quantitative estimate of drug-likeness (QED) is 0.165. The van der Waals surface area contributed by atoms with Crippen molar-refractivity contribution in [1.29, 1.82) is 0 Å². The van der Waals surface area contributed by atoms with Gasteiger partial charge in [0, 0.05) is 30.1 Å². The summed E-state index contributed by atoms with van der Waals surface area (Å²) in [6.07, 6.45) is 3.27. The fraction of sp³-hybridized carbons (Fsp3) is 0.595. The first-order valence-electron chi connectivity index (χ1n) is 18.7. The van der Waals surface area contributed by atoms with Crippen LogP contribution in [0.2, 0.25) is 23.2 Å². The van der Waals surface area contributed by atoms with E-state index in [1.807, 2.05) is 12.1 Å². The Hall–Kier alpha value is -2.66. The van der Waals surface area contributed by atoms with Crippen LogP contribution in [0.3, 0.4) is 0 Å². The number of carbonyl (C=O) groups excluding carboxylic acids is 3. The molecule has 2 aromatic carbocycles. The van der Waals surface area contributed by atoms with Gasteiger partial charge in [-0.3, -0.25) is 14.4 Å². The van der Waals surface area contributed by atoms with Gasteiger partial charge < -0.3 is 13.6 Å². The molecule has 0 heterocycles. The smallest absolute Gasteiger partial charge is 0.320 e. The minimum atomic E-state index is -3.06. The lowest BCUT2D eigenvalue weighted by molar-refractivity contribution is -0.178. The summed E-state index contributed by atoms with van der Waals surface area (Å²) in [5, 5.41) is 2.04. The zero-order valence-electron chi connectivity index (χ0n) is 32.0. The molecule has 270 valence electrons. The first-order valence-corrected chi connectivity index (χ1v) is 23.5. The van der Waals surface area contributed by atoms with Gasteiger partial charge in [0.05, 0.1) is 19.3 Å². The van der Waals surface area contributed by atoms with E-state index in [1.165, 1.54) is 7.11 Å². The van der Waals surface area contributed by atoms with Crippen LogP contribution in [0.1, 0.15) is 93.4 Å². The van der Waals surface area contributed by atoms with E-state index in [0.29, 0.717) is 12.8 Å². The molecule has 0 radical (unpaired) electrons. The molecule has 3 saturated carbocycles. The second kappa shape index (κ2) is 12.8. The molecular formula is C42H58O6Si2. The number of carbonyl (C=O) groups is 3. The summed E-state index contributed by atoms with van der Waals surface area (Å²) in [5.41, 5.74) is 0.0797. The van der Waals surface area contributed by atoms with Crippen molar-refractivity contribution in [2.75, 3.05) is 7.11 Å². The third kappa shape index (κ3) is 5.50. The van der Waals surface area contributed by atoms with Gasteiger partial charge in [0.2, 0.25) is 0 Å². The fourth-order valence-electron chi connectivity index (χ4n) is 10.0. The highest BCUT2D eigenvalue weighted by Gasteiger charge is 2.69. The van der Waals surface area contributed by atoms with Crippen molar-refractivity contribution in [2.24, 2.45) is 22.7 Å². The number of fused-ring (bicyclic) bond motifs is 4. The molecule has 0 N–H and O–H groups in total. The molecule has 3 fully saturated rings. The Morgan fingerprint density at radius 2 is 1.38 bits per heavy atom. The lowest BCUT2D eigenvalue weighted by Gasteiger charge is -2.57. The molecule has 6 nitrogen and oxygen atoms in total. The third-order valence-electron chi connectivity index (χ3n) is 13.6. The van der Waals surface area contributed by atoms with E-state index in [0.717, 1.165) is 40.8 Å². The van der Waals surface area contributed by atoms with Crippen LogP contribution in [-0.2, 0) is 28.0 Å². The highest BCUT2D eigenvalue weighted by atomic mass is 28.4. The van der Waals surface area contributed by atoms with Crippen molar-refractivity contribution in [3.8, 4) is 0 Å². The fourth-order valence-corrected chi connectivity index (χ4v) is 16.2. The monoisotopic (exact) mass is 714 g/mol. The molecule has 0 aliphatic heterocycles. The molecule has 0 bridgehead atoms. The van der Waals surface area contributed by atoms with Crippen LogP contribution in [0.4, 0.5) is 0 Å². The number of hydrogen-bond acceptors (Lipinski definition) is 6. The van der Waals surface area contributed by atoms with E-state index < -0.39 is 46.0 Å². The van der Waals surface area contributed by atoms with Crippen molar-refractivity contribution in [1.82, 2.24) is 0 Å². The van der Waals surface area contributed by atoms with Gasteiger partial charge in [-0.15, -0.1) is 0 Å².